The van der Waals surface area contributed by atoms with Crippen LogP contribution >= 0.6 is 0 Å². The molecule has 0 radical (unpaired) electrons. The highest BCUT2D eigenvalue weighted by Crippen LogP contribution is 2.43. The number of nitrogens with zero attached hydrogens (tertiary/aromatic N) is 1. The van der Waals surface area contributed by atoms with Gasteiger partial charge in [0.05, 0.1) is 29.5 Å². The quantitative estimate of drug-likeness (QED) is 0.199. The maximum atomic E-state index is 13.4. The van der Waals surface area contributed by atoms with Crippen molar-refractivity contribution in [3.8, 4) is 5.75 Å². The third-order valence-electron chi connectivity index (χ3n) is 7.03. The van der Waals surface area contributed by atoms with Crippen LogP contribution in [0.3, 0.4) is 0 Å². The largest absolute Gasteiger partial charge is 0.492 e. The first-order chi connectivity index (χ1) is 15.8. The monoisotopic (exact) mass is 487 g/mol. The molecule has 2 aliphatic rings. The number of imide groups is 1. The van der Waals surface area contributed by atoms with Crippen LogP contribution in [-0.2, 0) is 23.5 Å². The van der Waals surface area contributed by atoms with Crippen LogP contribution in [0.25, 0.3) is 0 Å². The van der Waals surface area contributed by atoms with Crippen molar-refractivity contribution in [2.75, 3.05) is 13.2 Å². The molecule has 0 bridgehead atoms. The van der Waals surface area contributed by atoms with E-state index in [0.717, 1.165) is 4.90 Å². The smallest absolute Gasteiger partial charge is 0.397 e. The van der Waals surface area contributed by atoms with Gasteiger partial charge in [0.1, 0.15) is 19.0 Å². The SMILES string of the molecule is C=CCOC(=O)C(=O)N1C(=O)[C@H]([C@@H](C)O[Si](C)(C)C(C)(C)C)[C@H]1[C@@H]1COc2ccccc2C1=O. The molecule has 1 aromatic rings. The highest BCUT2D eigenvalue weighted by Gasteiger charge is 2.60. The molecule has 8 nitrogen and oxygen atoms in total. The topological polar surface area (TPSA) is 99.2 Å². The van der Waals surface area contributed by atoms with Crippen LogP contribution in [0.5, 0.6) is 5.75 Å². The van der Waals surface area contributed by atoms with Crippen LogP contribution in [0.4, 0.5) is 0 Å². The molecule has 1 saturated heterocycles. The molecule has 0 unspecified atom stereocenters. The Bertz CT molecular complexity index is 1010. The minimum absolute atomic E-state index is 0.0113. The van der Waals surface area contributed by atoms with Crippen LogP contribution in [0.15, 0.2) is 36.9 Å². The lowest BCUT2D eigenvalue weighted by molar-refractivity contribution is -0.182. The Morgan fingerprint density at radius 2 is 1.91 bits per heavy atom. The lowest BCUT2D eigenvalue weighted by atomic mass is 9.73. The Kier molecular flexibility index (Phi) is 7.19. The van der Waals surface area contributed by atoms with E-state index in [0.29, 0.717) is 11.3 Å². The van der Waals surface area contributed by atoms with Crippen LogP contribution in [0, 0.1) is 11.8 Å². The summed E-state index contributed by atoms with van der Waals surface area (Å²) in [6, 6.07) is 5.97. The molecule has 2 aliphatic heterocycles. The molecule has 1 fully saturated rings. The van der Waals surface area contributed by atoms with Crippen molar-refractivity contribution in [2.45, 2.75) is 58.0 Å². The Morgan fingerprint density at radius 1 is 1.26 bits per heavy atom. The molecule has 2 amide bonds. The van der Waals surface area contributed by atoms with Gasteiger partial charge in [0.2, 0.25) is 5.91 Å². The van der Waals surface area contributed by atoms with Crippen molar-refractivity contribution in [1.29, 1.82) is 0 Å². The zero-order chi connectivity index (χ0) is 25.4. The summed E-state index contributed by atoms with van der Waals surface area (Å²) in [4.78, 5) is 52.6. The van der Waals surface area contributed by atoms with Crippen LogP contribution in [0.2, 0.25) is 18.1 Å². The minimum atomic E-state index is -2.26. The van der Waals surface area contributed by atoms with Gasteiger partial charge in [0.25, 0.3) is 0 Å². The van der Waals surface area contributed by atoms with E-state index in [2.05, 4.69) is 40.4 Å². The van der Waals surface area contributed by atoms with E-state index < -0.39 is 50.1 Å². The normalized spacial score (nSPS) is 23.4. The number of β-lactam (4-membered cyclic amide) rings is 1. The Morgan fingerprint density at radius 3 is 2.53 bits per heavy atom. The molecule has 34 heavy (non-hydrogen) atoms. The summed E-state index contributed by atoms with van der Waals surface area (Å²) in [5, 5.41) is -0.101. The predicted octanol–water partition coefficient (Wildman–Crippen LogP) is 3.37. The lowest BCUT2D eigenvalue weighted by Gasteiger charge is -2.52. The summed E-state index contributed by atoms with van der Waals surface area (Å²) in [6.45, 7) is 15.5. The molecule has 3 rings (SSSR count). The predicted molar refractivity (Wildman–Crippen MR) is 128 cm³/mol. The lowest BCUT2D eigenvalue weighted by Crippen LogP contribution is -2.72. The van der Waals surface area contributed by atoms with Gasteiger partial charge < -0.3 is 13.9 Å². The number of hydrogen-bond donors (Lipinski definition) is 0. The molecule has 184 valence electrons. The van der Waals surface area contributed by atoms with E-state index in [4.69, 9.17) is 13.9 Å². The summed E-state index contributed by atoms with van der Waals surface area (Å²) < 4.78 is 17.1. The number of ether oxygens (including phenoxy) is 2. The molecule has 4 atom stereocenters. The van der Waals surface area contributed by atoms with Crippen molar-refractivity contribution in [3.63, 3.8) is 0 Å². The molecule has 0 aliphatic carbocycles. The van der Waals surface area contributed by atoms with Crippen molar-refractivity contribution >= 4 is 31.9 Å². The van der Waals surface area contributed by atoms with E-state index >= 15 is 0 Å². The second-order valence-electron chi connectivity index (χ2n) is 10.3. The Labute approximate surface area is 201 Å². The number of carbonyl (C=O) groups excluding carboxylic acids is 4. The molecule has 0 spiro atoms. The van der Waals surface area contributed by atoms with Crippen LogP contribution < -0.4 is 4.74 Å². The maximum Gasteiger partial charge on any atom is 0.397 e. The summed E-state index contributed by atoms with van der Waals surface area (Å²) in [5.41, 5.74) is 0.386. The van der Waals surface area contributed by atoms with Gasteiger partial charge in [-0.25, -0.2) is 4.79 Å². The van der Waals surface area contributed by atoms with Gasteiger partial charge in [0.15, 0.2) is 14.1 Å². The fourth-order valence-corrected chi connectivity index (χ4v) is 5.62. The summed E-state index contributed by atoms with van der Waals surface area (Å²) in [6.07, 6.45) is 0.769. The standard InChI is InChI=1S/C25H33NO7Si/c1-8-13-31-24(30)23(29)26-20(17-14-32-18-12-10-9-11-16(18)21(17)27)19(22(26)28)15(2)33-34(6,7)25(3,4)5/h8-12,15,17,19-20H,1,13-14H2,2-7H3/t15-,17+,19-,20-/m1/s1. The highest BCUT2D eigenvalue weighted by atomic mass is 28.4. The van der Waals surface area contributed by atoms with E-state index in [1.807, 2.05) is 0 Å². The van der Waals surface area contributed by atoms with E-state index in [1.165, 1.54) is 6.08 Å². The number of fused-ring (bicyclic) bond motifs is 1. The van der Waals surface area contributed by atoms with E-state index in [-0.39, 0.29) is 24.0 Å². The Balaban J connectivity index is 1.94. The second kappa shape index (κ2) is 9.46. The zero-order valence-corrected chi connectivity index (χ0v) is 21.6. The fraction of sp³-hybridized carbons (Fsp3) is 0.520. The van der Waals surface area contributed by atoms with Gasteiger partial charge in [-0.15, -0.1) is 0 Å². The van der Waals surface area contributed by atoms with Gasteiger partial charge in [-0.2, -0.15) is 0 Å². The number of likely N-dealkylation sites (tertiary alicyclic amines) is 1. The number of amides is 2. The molecule has 1 aromatic carbocycles. The van der Waals surface area contributed by atoms with Crippen molar-refractivity contribution < 1.29 is 33.1 Å². The number of hydrogen-bond acceptors (Lipinski definition) is 7. The van der Waals surface area contributed by atoms with Crippen LogP contribution in [0.1, 0.15) is 38.1 Å². The molecule has 0 saturated carbocycles. The first-order valence-corrected chi connectivity index (χ1v) is 14.3. The van der Waals surface area contributed by atoms with Gasteiger partial charge in [-0.3, -0.25) is 19.3 Å². The molecule has 0 aromatic heterocycles. The summed E-state index contributed by atoms with van der Waals surface area (Å²) >= 11 is 0. The molecular weight excluding hydrogens is 454 g/mol. The number of ketones is 1. The molecule has 9 heteroatoms. The van der Waals surface area contributed by atoms with Gasteiger partial charge in [-0.1, -0.05) is 45.6 Å². The van der Waals surface area contributed by atoms with Gasteiger partial charge >= 0.3 is 11.9 Å². The minimum Gasteiger partial charge on any atom is -0.492 e. The van der Waals surface area contributed by atoms with E-state index in [9.17, 15) is 19.2 Å². The van der Waals surface area contributed by atoms with Gasteiger partial charge in [-0.05, 0) is 37.2 Å². The first kappa shape index (κ1) is 25.8. The third-order valence-corrected chi connectivity index (χ3v) is 11.6. The summed E-state index contributed by atoms with van der Waals surface area (Å²) in [7, 11) is -2.26. The number of benzene rings is 1. The maximum absolute atomic E-state index is 13.4. The number of rotatable bonds is 6. The highest BCUT2D eigenvalue weighted by molar-refractivity contribution is 6.74. The number of Topliss-reactive ketones (excluding diaryl/α,β-unsaturated/α-hetero) is 1. The molecule has 0 N–H and O–H groups in total. The fourth-order valence-electron chi connectivity index (χ4n) is 4.19. The van der Waals surface area contributed by atoms with E-state index in [1.54, 1.807) is 31.2 Å². The Hall–Kier alpha value is -2.78. The second-order valence-corrected chi connectivity index (χ2v) is 15.0. The van der Waals surface area contributed by atoms with Crippen molar-refractivity contribution in [1.82, 2.24) is 4.90 Å². The average molecular weight is 488 g/mol. The van der Waals surface area contributed by atoms with Crippen LogP contribution in [-0.4, -0.2) is 62.1 Å². The van der Waals surface area contributed by atoms with Crippen molar-refractivity contribution in [2.24, 2.45) is 11.8 Å². The van der Waals surface area contributed by atoms with Gasteiger partial charge in [0, 0.05) is 0 Å². The third kappa shape index (κ3) is 4.59. The number of para-hydroxylation sites is 1. The molecule has 2 heterocycles. The average Bonchev–Trinajstić information content (AvgIpc) is 2.75. The molecular formula is C25H33NO7Si. The van der Waals surface area contributed by atoms with Crippen molar-refractivity contribution in [3.05, 3.63) is 42.5 Å². The number of esters is 1. The first-order valence-electron chi connectivity index (χ1n) is 11.4. The summed E-state index contributed by atoms with van der Waals surface area (Å²) in [5.74, 6) is -4.19. The zero-order valence-electron chi connectivity index (χ0n) is 20.6. The number of carbonyl (C=O) groups is 4.